The average Bonchev–Trinajstić information content (AvgIpc) is 2.63. The summed E-state index contributed by atoms with van der Waals surface area (Å²) in [6, 6.07) is 6.45. The molecular formula is C13H18FN3S. The molecule has 0 amide bonds. The number of halogens is 1. The number of hydrogen-bond donors (Lipinski definition) is 2. The Morgan fingerprint density at radius 2 is 2.00 bits per heavy atom. The molecule has 2 rings (SSSR count). The van der Waals surface area contributed by atoms with E-state index in [4.69, 9.17) is 12.2 Å². The highest BCUT2D eigenvalue weighted by molar-refractivity contribution is 7.80. The summed E-state index contributed by atoms with van der Waals surface area (Å²) in [6.07, 6.45) is 2.20. The van der Waals surface area contributed by atoms with Crippen LogP contribution in [-0.2, 0) is 5.66 Å². The molecule has 1 aliphatic heterocycles. The summed E-state index contributed by atoms with van der Waals surface area (Å²) >= 11 is 5.31. The fourth-order valence-corrected chi connectivity index (χ4v) is 2.36. The molecule has 0 aliphatic carbocycles. The van der Waals surface area contributed by atoms with Crippen molar-refractivity contribution >= 4 is 17.3 Å². The van der Waals surface area contributed by atoms with Gasteiger partial charge in [0.25, 0.3) is 0 Å². The van der Waals surface area contributed by atoms with Crippen LogP contribution in [0.1, 0.15) is 32.3 Å². The fraction of sp³-hybridized carbons (Fsp3) is 0.462. The van der Waals surface area contributed by atoms with Gasteiger partial charge in [-0.1, -0.05) is 25.5 Å². The van der Waals surface area contributed by atoms with Gasteiger partial charge in [-0.15, -0.1) is 0 Å². The Morgan fingerprint density at radius 1 is 1.33 bits per heavy atom. The summed E-state index contributed by atoms with van der Waals surface area (Å²) < 4.78 is 12.9. The van der Waals surface area contributed by atoms with E-state index in [2.05, 4.69) is 17.7 Å². The second-order valence-electron chi connectivity index (χ2n) is 4.68. The predicted molar refractivity (Wildman–Crippen MR) is 74.2 cm³/mol. The first kappa shape index (κ1) is 13.2. The third-order valence-corrected chi connectivity index (χ3v) is 3.44. The molecule has 98 valence electrons. The average molecular weight is 267 g/mol. The zero-order valence-electron chi connectivity index (χ0n) is 10.7. The normalized spacial score (nSPS) is 23.3. The van der Waals surface area contributed by atoms with E-state index in [1.165, 1.54) is 12.1 Å². The minimum atomic E-state index is -0.460. The Balaban J connectivity index is 2.13. The SMILES string of the molecule is CCCCN1N[C@@](C)(c2ccc(F)cc2)NC1=S. The summed E-state index contributed by atoms with van der Waals surface area (Å²) in [6.45, 7) is 5.02. The molecule has 0 spiro atoms. The highest BCUT2D eigenvalue weighted by Gasteiger charge is 2.36. The number of hydrazine groups is 1. The van der Waals surface area contributed by atoms with Crippen molar-refractivity contribution in [2.24, 2.45) is 0 Å². The van der Waals surface area contributed by atoms with E-state index in [9.17, 15) is 4.39 Å². The molecule has 0 unspecified atom stereocenters. The topological polar surface area (TPSA) is 27.3 Å². The molecule has 1 aromatic rings. The smallest absolute Gasteiger partial charge is 0.185 e. The number of thiocarbonyl (C=S) groups is 1. The van der Waals surface area contributed by atoms with Gasteiger partial charge in [-0.25, -0.2) is 9.82 Å². The third-order valence-electron chi connectivity index (χ3n) is 3.12. The lowest BCUT2D eigenvalue weighted by Crippen LogP contribution is -2.45. The number of benzene rings is 1. The van der Waals surface area contributed by atoms with Crippen LogP contribution in [0.2, 0.25) is 0 Å². The van der Waals surface area contributed by atoms with Crippen molar-refractivity contribution in [1.29, 1.82) is 0 Å². The molecule has 3 nitrogen and oxygen atoms in total. The number of nitrogens with one attached hydrogen (secondary N) is 2. The lowest BCUT2D eigenvalue weighted by Gasteiger charge is -2.26. The van der Waals surface area contributed by atoms with Gasteiger partial charge in [0.1, 0.15) is 11.5 Å². The van der Waals surface area contributed by atoms with Gasteiger partial charge in [-0.2, -0.15) is 0 Å². The molecule has 1 atom stereocenters. The van der Waals surface area contributed by atoms with Crippen molar-refractivity contribution in [1.82, 2.24) is 15.8 Å². The first-order chi connectivity index (χ1) is 8.55. The van der Waals surface area contributed by atoms with Crippen molar-refractivity contribution in [2.45, 2.75) is 32.4 Å². The standard InChI is InChI=1S/C13H18FN3S/c1-3-4-9-17-12(18)15-13(2,16-17)10-5-7-11(14)8-6-10/h5-8,16H,3-4,9H2,1-2H3,(H,15,18)/t13-/m0/s1. The van der Waals surface area contributed by atoms with Gasteiger partial charge in [-0.05, 0) is 43.3 Å². The van der Waals surface area contributed by atoms with Crippen molar-refractivity contribution in [3.05, 3.63) is 35.6 Å². The second-order valence-corrected chi connectivity index (χ2v) is 5.07. The molecule has 1 heterocycles. The number of hydrogen-bond acceptors (Lipinski definition) is 2. The van der Waals surface area contributed by atoms with Gasteiger partial charge >= 0.3 is 0 Å². The first-order valence-electron chi connectivity index (χ1n) is 6.19. The highest BCUT2D eigenvalue weighted by Crippen LogP contribution is 2.23. The van der Waals surface area contributed by atoms with Crippen molar-refractivity contribution in [3.63, 3.8) is 0 Å². The third kappa shape index (κ3) is 2.62. The molecule has 1 aromatic carbocycles. The van der Waals surface area contributed by atoms with E-state index in [-0.39, 0.29) is 5.82 Å². The summed E-state index contributed by atoms with van der Waals surface area (Å²) in [5, 5.41) is 5.89. The number of nitrogens with zero attached hydrogens (tertiary/aromatic N) is 1. The van der Waals surface area contributed by atoms with Gasteiger partial charge in [0.05, 0.1) is 0 Å². The molecule has 5 heteroatoms. The van der Waals surface area contributed by atoms with Crippen LogP contribution in [0.4, 0.5) is 4.39 Å². The van der Waals surface area contributed by atoms with Crippen LogP contribution < -0.4 is 10.7 Å². The van der Waals surface area contributed by atoms with Gasteiger partial charge in [0.15, 0.2) is 5.11 Å². The molecule has 1 saturated heterocycles. The molecular weight excluding hydrogens is 249 g/mol. The minimum absolute atomic E-state index is 0.231. The monoisotopic (exact) mass is 267 g/mol. The molecule has 0 saturated carbocycles. The van der Waals surface area contributed by atoms with Crippen molar-refractivity contribution < 1.29 is 4.39 Å². The lowest BCUT2D eigenvalue weighted by atomic mass is 10.0. The second kappa shape index (κ2) is 5.20. The molecule has 0 aromatic heterocycles. The first-order valence-corrected chi connectivity index (χ1v) is 6.59. The van der Waals surface area contributed by atoms with Crippen LogP contribution in [0.25, 0.3) is 0 Å². The molecule has 1 fully saturated rings. The molecule has 0 bridgehead atoms. The maximum atomic E-state index is 12.9. The molecule has 1 aliphatic rings. The molecule has 0 radical (unpaired) electrons. The van der Waals surface area contributed by atoms with Crippen LogP contribution >= 0.6 is 12.2 Å². The Hall–Kier alpha value is -1.20. The Bertz CT molecular complexity index is 434. The van der Waals surface area contributed by atoms with E-state index in [1.807, 2.05) is 11.9 Å². The van der Waals surface area contributed by atoms with Crippen LogP contribution in [0, 0.1) is 5.82 Å². The summed E-state index contributed by atoms with van der Waals surface area (Å²) in [5.74, 6) is -0.231. The summed E-state index contributed by atoms with van der Waals surface area (Å²) in [5.41, 5.74) is 3.85. The fourth-order valence-electron chi connectivity index (χ4n) is 2.02. The molecule has 18 heavy (non-hydrogen) atoms. The maximum Gasteiger partial charge on any atom is 0.185 e. The van der Waals surface area contributed by atoms with Crippen molar-refractivity contribution in [3.8, 4) is 0 Å². The lowest BCUT2D eigenvalue weighted by molar-refractivity contribution is 0.233. The maximum absolute atomic E-state index is 12.9. The van der Waals surface area contributed by atoms with Crippen LogP contribution in [0.15, 0.2) is 24.3 Å². The largest absolute Gasteiger partial charge is 0.338 e. The summed E-state index contributed by atoms with van der Waals surface area (Å²) in [7, 11) is 0. The van der Waals surface area contributed by atoms with E-state index in [0.717, 1.165) is 24.9 Å². The number of unbranched alkanes of at least 4 members (excludes halogenated alkanes) is 1. The van der Waals surface area contributed by atoms with E-state index >= 15 is 0 Å². The van der Waals surface area contributed by atoms with Gasteiger partial charge in [0.2, 0.25) is 0 Å². The van der Waals surface area contributed by atoms with E-state index in [0.29, 0.717) is 5.11 Å². The van der Waals surface area contributed by atoms with Crippen molar-refractivity contribution in [2.75, 3.05) is 6.54 Å². The van der Waals surface area contributed by atoms with Crippen LogP contribution in [0.3, 0.4) is 0 Å². The van der Waals surface area contributed by atoms with Gasteiger partial charge in [0, 0.05) is 6.54 Å². The Labute approximate surface area is 112 Å². The minimum Gasteiger partial charge on any atom is -0.338 e. The Kier molecular flexibility index (Phi) is 3.82. The van der Waals surface area contributed by atoms with E-state index < -0.39 is 5.66 Å². The number of rotatable bonds is 4. The quantitative estimate of drug-likeness (QED) is 0.820. The van der Waals surface area contributed by atoms with Crippen LogP contribution in [-0.4, -0.2) is 16.7 Å². The summed E-state index contributed by atoms with van der Waals surface area (Å²) in [4.78, 5) is 0. The highest BCUT2D eigenvalue weighted by atomic mass is 32.1. The zero-order valence-corrected chi connectivity index (χ0v) is 11.5. The molecule has 2 N–H and O–H groups in total. The Morgan fingerprint density at radius 3 is 2.61 bits per heavy atom. The van der Waals surface area contributed by atoms with Crippen LogP contribution in [0.5, 0.6) is 0 Å². The van der Waals surface area contributed by atoms with Gasteiger partial charge < -0.3 is 5.32 Å². The zero-order chi connectivity index (χ0) is 13.2. The van der Waals surface area contributed by atoms with E-state index in [1.54, 1.807) is 12.1 Å². The predicted octanol–water partition coefficient (Wildman–Crippen LogP) is 2.49. The van der Waals surface area contributed by atoms with Gasteiger partial charge in [-0.3, -0.25) is 5.01 Å².